The van der Waals surface area contributed by atoms with Gasteiger partial charge in [-0.2, -0.15) is 0 Å². The maximum Gasteiger partial charge on any atom is 0.405 e. The molecule has 2 rings (SSSR count). The molecule has 2 amide bonds. The van der Waals surface area contributed by atoms with Crippen molar-refractivity contribution in [2.75, 3.05) is 6.54 Å². The Kier molecular flexibility index (Phi) is 4.59. The van der Waals surface area contributed by atoms with E-state index in [1.165, 1.54) is 6.42 Å². The van der Waals surface area contributed by atoms with Crippen LogP contribution in [0.2, 0.25) is 0 Å². The molecule has 0 aromatic heterocycles. The standard InChI is InChI=1S/C16H26N2O3/c1-11-8-14(19)18(10-11)13-7-5-4-6-12(13)9-16(2,3)21-15(17)20/h8,12-13H,4-7,9-10H2,1-3H3,(H2,17,20). The highest BCUT2D eigenvalue weighted by Crippen LogP contribution is 2.36. The van der Waals surface area contributed by atoms with E-state index >= 15 is 0 Å². The fourth-order valence-electron chi connectivity index (χ4n) is 3.75. The molecule has 1 aliphatic heterocycles. The summed E-state index contributed by atoms with van der Waals surface area (Å²) in [5.74, 6) is 0.481. The summed E-state index contributed by atoms with van der Waals surface area (Å²) in [6.45, 7) is 6.50. The first-order valence-corrected chi connectivity index (χ1v) is 7.75. The van der Waals surface area contributed by atoms with Crippen molar-refractivity contribution in [3.05, 3.63) is 11.6 Å². The van der Waals surface area contributed by atoms with Crippen LogP contribution in [0.1, 0.15) is 52.9 Å². The quantitative estimate of drug-likeness (QED) is 0.866. The van der Waals surface area contributed by atoms with Crippen LogP contribution < -0.4 is 5.73 Å². The summed E-state index contributed by atoms with van der Waals surface area (Å²) in [6.07, 6.45) is 6.16. The normalized spacial score (nSPS) is 26.7. The van der Waals surface area contributed by atoms with Crippen LogP contribution in [0, 0.1) is 5.92 Å². The Morgan fingerprint density at radius 2 is 2.10 bits per heavy atom. The van der Waals surface area contributed by atoms with Gasteiger partial charge in [-0.15, -0.1) is 0 Å². The van der Waals surface area contributed by atoms with Gasteiger partial charge in [0, 0.05) is 18.7 Å². The molecular formula is C16H26N2O3. The molecule has 0 aromatic rings. The Balaban J connectivity index is 2.06. The van der Waals surface area contributed by atoms with E-state index < -0.39 is 11.7 Å². The van der Waals surface area contributed by atoms with E-state index in [-0.39, 0.29) is 11.9 Å². The highest BCUT2D eigenvalue weighted by atomic mass is 16.6. The number of carbonyl (C=O) groups excluding carboxylic acids is 2. The van der Waals surface area contributed by atoms with Gasteiger partial charge in [0.1, 0.15) is 5.60 Å². The van der Waals surface area contributed by atoms with Crippen molar-refractivity contribution in [1.29, 1.82) is 0 Å². The first-order valence-electron chi connectivity index (χ1n) is 7.75. The summed E-state index contributed by atoms with van der Waals surface area (Å²) >= 11 is 0. The fraction of sp³-hybridized carbons (Fsp3) is 0.750. The van der Waals surface area contributed by atoms with Gasteiger partial charge in [0.15, 0.2) is 0 Å². The summed E-state index contributed by atoms with van der Waals surface area (Å²) < 4.78 is 5.22. The molecule has 1 fully saturated rings. The van der Waals surface area contributed by atoms with Crippen molar-refractivity contribution in [3.63, 3.8) is 0 Å². The van der Waals surface area contributed by atoms with Gasteiger partial charge in [-0.1, -0.05) is 12.8 Å². The largest absolute Gasteiger partial charge is 0.444 e. The van der Waals surface area contributed by atoms with Gasteiger partial charge in [0.05, 0.1) is 0 Å². The third kappa shape index (κ3) is 3.99. The molecule has 2 aliphatic rings. The summed E-state index contributed by atoms with van der Waals surface area (Å²) in [7, 11) is 0. The van der Waals surface area contributed by atoms with Gasteiger partial charge >= 0.3 is 6.09 Å². The zero-order valence-corrected chi connectivity index (χ0v) is 13.2. The molecule has 2 unspecified atom stereocenters. The monoisotopic (exact) mass is 294 g/mol. The number of hydrogen-bond acceptors (Lipinski definition) is 3. The van der Waals surface area contributed by atoms with E-state index in [1.54, 1.807) is 6.08 Å². The Bertz CT molecular complexity index is 456. The highest BCUT2D eigenvalue weighted by Gasteiger charge is 2.38. The molecule has 0 radical (unpaired) electrons. The maximum absolute atomic E-state index is 12.1. The number of nitrogens with zero attached hydrogens (tertiary/aromatic N) is 1. The van der Waals surface area contributed by atoms with E-state index in [4.69, 9.17) is 10.5 Å². The van der Waals surface area contributed by atoms with Crippen LogP contribution in [0.25, 0.3) is 0 Å². The number of rotatable bonds is 4. The number of carbonyl (C=O) groups is 2. The summed E-state index contributed by atoms with van der Waals surface area (Å²) in [5.41, 5.74) is 5.68. The molecule has 1 heterocycles. The Morgan fingerprint density at radius 1 is 1.43 bits per heavy atom. The van der Waals surface area contributed by atoms with Crippen LogP contribution in [0.3, 0.4) is 0 Å². The molecule has 0 bridgehead atoms. The van der Waals surface area contributed by atoms with Gasteiger partial charge in [0.2, 0.25) is 5.91 Å². The third-order valence-electron chi connectivity index (χ3n) is 4.47. The zero-order valence-electron chi connectivity index (χ0n) is 13.2. The lowest BCUT2D eigenvalue weighted by Crippen LogP contribution is -2.46. The first-order chi connectivity index (χ1) is 9.78. The molecule has 1 aliphatic carbocycles. The van der Waals surface area contributed by atoms with E-state index in [0.29, 0.717) is 5.92 Å². The molecule has 2 N–H and O–H groups in total. The van der Waals surface area contributed by atoms with Crippen molar-refractivity contribution in [2.45, 2.75) is 64.5 Å². The second kappa shape index (κ2) is 6.08. The lowest BCUT2D eigenvalue weighted by Gasteiger charge is -2.41. The van der Waals surface area contributed by atoms with Gasteiger partial charge < -0.3 is 15.4 Å². The topological polar surface area (TPSA) is 72.6 Å². The number of amides is 2. The molecule has 0 spiro atoms. The van der Waals surface area contributed by atoms with Crippen molar-refractivity contribution in [1.82, 2.24) is 4.90 Å². The van der Waals surface area contributed by atoms with E-state index in [9.17, 15) is 9.59 Å². The van der Waals surface area contributed by atoms with Gasteiger partial charge in [0.25, 0.3) is 0 Å². The molecule has 5 heteroatoms. The van der Waals surface area contributed by atoms with Crippen molar-refractivity contribution >= 4 is 12.0 Å². The van der Waals surface area contributed by atoms with E-state index in [1.807, 2.05) is 25.7 Å². The van der Waals surface area contributed by atoms with Crippen LogP contribution in [0.15, 0.2) is 11.6 Å². The molecular weight excluding hydrogens is 268 g/mol. The number of nitrogens with two attached hydrogens (primary N) is 1. The van der Waals surface area contributed by atoms with E-state index in [2.05, 4.69) is 0 Å². The van der Waals surface area contributed by atoms with Crippen molar-refractivity contribution in [2.24, 2.45) is 11.7 Å². The zero-order chi connectivity index (χ0) is 15.6. The Morgan fingerprint density at radius 3 is 2.67 bits per heavy atom. The minimum absolute atomic E-state index is 0.123. The smallest absolute Gasteiger partial charge is 0.405 e. The van der Waals surface area contributed by atoms with Crippen LogP contribution in [0.4, 0.5) is 4.79 Å². The van der Waals surface area contributed by atoms with Crippen molar-refractivity contribution in [3.8, 4) is 0 Å². The minimum atomic E-state index is -0.734. The van der Waals surface area contributed by atoms with Crippen LogP contribution in [-0.4, -0.2) is 35.1 Å². The summed E-state index contributed by atoms with van der Waals surface area (Å²) in [6, 6.07) is 0.246. The Labute approximate surface area is 126 Å². The fourth-order valence-corrected chi connectivity index (χ4v) is 3.75. The van der Waals surface area contributed by atoms with Gasteiger partial charge in [-0.25, -0.2) is 4.79 Å². The molecule has 1 saturated carbocycles. The molecule has 118 valence electrons. The predicted molar refractivity (Wildman–Crippen MR) is 80.6 cm³/mol. The third-order valence-corrected chi connectivity index (χ3v) is 4.47. The molecule has 0 saturated heterocycles. The number of ether oxygens (including phenoxy) is 1. The highest BCUT2D eigenvalue weighted by molar-refractivity contribution is 5.91. The summed E-state index contributed by atoms with van der Waals surface area (Å²) in [5, 5.41) is 0. The number of hydrogen-bond donors (Lipinski definition) is 1. The lowest BCUT2D eigenvalue weighted by atomic mass is 9.77. The van der Waals surface area contributed by atoms with Gasteiger partial charge in [-0.3, -0.25) is 4.79 Å². The van der Waals surface area contributed by atoms with Crippen LogP contribution in [-0.2, 0) is 9.53 Å². The maximum atomic E-state index is 12.1. The second-order valence-electron chi connectivity index (χ2n) is 6.95. The molecule has 2 atom stereocenters. The van der Waals surface area contributed by atoms with Crippen LogP contribution in [0.5, 0.6) is 0 Å². The van der Waals surface area contributed by atoms with Gasteiger partial charge in [-0.05, 0) is 51.5 Å². The molecule has 0 aromatic carbocycles. The predicted octanol–water partition coefficient (Wildman–Crippen LogP) is 2.60. The average molecular weight is 294 g/mol. The van der Waals surface area contributed by atoms with Crippen molar-refractivity contribution < 1.29 is 14.3 Å². The second-order valence-corrected chi connectivity index (χ2v) is 6.95. The SMILES string of the molecule is CC1=CC(=O)N(C2CCCCC2CC(C)(C)OC(N)=O)C1. The molecule has 5 nitrogen and oxygen atoms in total. The van der Waals surface area contributed by atoms with E-state index in [0.717, 1.165) is 37.8 Å². The minimum Gasteiger partial charge on any atom is -0.444 e. The summed E-state index contributed by atoms with van der Waals surface area (Å²) in [4.78, 5) is 25.1. The molecule has 21 heavy (non-hydrogen) atoms. The average Bonchev–Trinajstić information content (AvgIpc) is 2.66. The lowest BCUT2D eigenvalue weighted by molar-refractivity contribution is -0.129. The first kappa shape index (κ1) is 15.9. The Hall–Kier alpha value is -1.52. The number of primary amides is 1. The van der Waals surface area contributed by atoms with Crippen LogP contribution >= 0.6 is 0 Å².